The molecule has 1 aliphatic rings. The van der Waals surface area contributed by atoms with Crippen LogP contribution in [0.1, 0.15) is 23.6 Å². The number of carbonyl (C=O) groups excluding carboxylic acids is 2. The zero-order valence-electron chi connectivity index (χ0n) is 14.6. The quantitative estimate of drug-likeness (QED) is 0.714. The van der Waals surface area contributed by atoms with Gasteiger partial charge in [-0.1, -0.05) is 29.8 Å². The number of aryl methyl sites for hydroxylation is 2. The third-order valence-corrected chi connectivity index (χ3v) is 5.90. The Morgan fingerprint density at radius 1 is 1.04 bits per heavy atom. The third-order valence-electron chi connectivity index (χ3n) is 4.36. The van der Waals surface area contributed by atoms with E-state index < -0.39 is 27.5 Å². The van der Waals surface area contributed by atoms with Crippen molar-refractivity contribution in [2.45, 2.75) is 31.2 Å². The Kier molecular flexibility index (Phi) is 4.23. The van der Waals surface area contributed by atoms with E-state index in [-0.39, 0.29) is 4.90 Å². The summed E-state index contributed by atoms with van der Waals surface area (Å²) in [5, 5.41) is 4.74. The predicted molar refractivity (Wildman–Crippen MR) is 97.2 cm³/mol. The van der Waals surface area contributed by atoms with Gasteiger partial charge in [0, 0.05) is 5.69 Å². The van der Waals surface area contributed by atoms with Crippen molar-refractivity contribution in [2.24, 2.45) is 0 Å². The Morgan fingerprint density at radius 3 is 2.38 bits per heavy atom. The Morgan fingerprint density at radius 2 is 1.77 bits per heavy atom. The second-order valence-corrected chi connectivity index (χ2v) is 8.14. The molecule has 2 aromatic carbocycles. The number of rotatable bonds is 4. The van der Waals surface area contributed by atoms with Gasteiger partial charge < -0.3 is 5.32 Å². The van der Waals surface area contributed by atoms with Crippen LogP contribution in [0.2, 0.25) is 0 Å². The summed E-state index contributed by atoms with van der Waals surface area (Å²) in [4.78, 5) is 23.7. The lowest BCUT2D eigenvalue weighted by atomic mass is 9.92. The number of benzene rings is 2. The molecule has 0 aliphatic carbocycles. The number of hydrogen-bond acceptors (Lipinski definition) is 4. The SMILES string of the molecule is Cc1ccc(S(=O)(=O)Nc2cccc(C3(C)NC(=O)NC3=O)c2)c(C)c1. The Bertz CT molecular complexity index is 1020. The lowest BCUT2D eigenvalue weighted by molar-refractivity contribution is -0.123. The minimum atomic E-state index is -3.78. The topological polar surface area (TPSA) is 104 Å². The Hall–Kier alpha value is -2.87. The minimum absolute atomic E-state index is 0.187. The van der Waals surface area contributed by atoms with Gasteiger partial charge in [-0.2, -0.15) is 0 Å². The molecule has 0 bridgehead atoms. The first-order chi connectivity index (χ1) is 12.1. The van der Waals surface area contributed by atoms with Crippen LogP contribution in [0.5, 0.6) is 0 Å². The van der Waals surface area contributed by atoms with Crippen LogP contribution in [-0.4, -0.2) is 20.4 Å². The molecular weight excluding hydrogens is 354 g/mol. The monoisotopic (exact) mass is 373 g/mol. The number of carbonyl (C=O) groups is 2. The van der Waals surface area contributed by atoms with Gasteiger partial charge in [-0.25, -0.2) is 13.2 Å². The molecule has 1 saturated heterocycles. The average molecular weight is 373 g/mol. The third kappa shape index (κ3) is 3.15. The maximum Gasteiger partial charge on any atom is 0.322 e. The second-order valence-electron chi connectivity index (χ2n) is 6.49. The Labute approximate surface area is 151 Å². The molecule has 0 aromatic heterocycles. The number of sulfonamides is 1. The molecule has 7 nitrogen and oxygen atoms in total. The highest BCUT2D eigenvalue weighted by Crippen LogP contribution is 2.28. The van der Waals surface area contributed by atoms with Crippen molar-refractivity contribution >= 4 is 27.6 Å². The van der Waals surface area contributed by atoms with Gasteiger partial charge in [0.05, 0.1) is 4.90 Å². The fourth-order valence-electron chi connectivity index (χ4n) is 2.95. The first-order valence-electron chi connectivity index (χ1n) is 7.96. The molecule has 1 aliphatic heterocycles. The van der Waals surface area contributed by atoms with E-state index in [4.69, 9.17) is 0 Å². The maximum atomic E-state index is 12.7. The highest BCUT2D eigenvalue weighted by atomic mass is 32.2. The molecule has 0 saturated carbocycles. The first kappa shape index (κ1) is 17.9. The first-order valence-corrected chi connectivity index (χ1v) is 9.44. The number of anilines is 1. The summed E-state index contributed by atoms with van der Waals surface area (Å²) < 4.78 is 27.9. The van der Waals surface area contributed by atoms with Crippen molar-refractivity contribution in [3.8, 4) is 0 Å². The van der Waals surface area contributed by atoms with E-state index in [1.807, 2.05) is 6.92 Å². The summed E-state index contributed by atoms with van der Waals surface area (Å²) in [6, 6.07) is 10.9. The zero-order valence-corrected chi connectivity index (χ0v) is 15.4. The fourth-order valence-corrected chi connectivity index (χ4v) is 4.23. The van der Waals surface area contributed by atoms with Gasteiger partial charge in [-0.15, -0.1) is 0 Å². The lowest BCUT2D eigenvalue weighted by Gasteiger charge is -2.22. The van der Waals surface area contributed by atoms with E-state index in [2.05, 4.69) is 15.4 Å². The molecule has 3 amide bonds. The molecule has 2 aromatic rings. The van der Waals surface area contributed by atoms with Gasteiger partial charge in [0.15, 0.2) is 0 Å². The van der Waals surface area contributed by atoms with Crippen LogP contribution in [0.15, 0.2) is 47.4 Å². The summed E-state index contributed by atoms with van der Waals surface area (Å²) in [6.07, 6.45) is 0. The molecule has 26 heavy (non-hydrogen) atoms. The molecule has 8 heteroatoms. The second kappa shape index (κ2) is 6.14. The zero-order chi connectivity index (χ0) is 19.1. The number of urea groups is 1. The smallest absolute Gasteiger partial charge is 0.320 e. The number of amides is 3. The number of imide groups is 1. The minimum Gasteiger partial charge on any atom is -0.320 e. The van der Waals surface area contributed by atoms with Crippen LogP contribution in [0.3, 0.4) is 0 Å². The van der Waals surface area contributed by atoms with E-state index in [9.17, 15) is 18.0 Å². The molecule has 0 spiro atoms. The summed E-state index contributed by atoms with van der Waals surface area (Å²) in [7, 11) is -3.78. The van der Waals surface area contributed by atoms with E-state index >= 15 is 0 Å². The highest BCUT2D eigenvalue weighted by Gasteiger charge is 2.43. The van der Waals surface area contributed by atoms with Gasteiger partial charge >= 0.3 is 6.03 Å². The predicted octanol–water partition coefficient (Wildman–Crippen LogP) is 2.16. The van der Waals surface area contributed by atoms with E-state index in [0.29, 0.717) is 16.8 Å². The van der Waals surface area contributed by atoms with Crippen LogP contribution >= 0.6 is 0 Å². The van der Waals surface area contributed by atoms with Crippen molar-refractivity contribution in [3.63, 3.8) is 0 Å². The summed E-state index contributed by atoms with van der Waals surface area (Å²) >= 11 is 0. The van der Waals surface area contributed by atoms with E-state index in [1.165, 1.54) is 6.07 Å². The van der Waals surface area contributed by atoms with Gasteiger partial charge in [0.25, 0.3) is 15.9 Å². The fraction of sp³-hybridized carbons (Fsp3) is 0.222. The van der Waals surface area contributed by atoms with Gasteiger partial charge in [0.2, 0.25) is 0 Å². The largest absolute Gasteiger partial charge is 0.322 e. The molecule has 1 unspecified atom stereocenters. The molecule has 1 heterocycles. The molecule has 136 valence electrons. The van der Waals surface area contributed by atoms with Gasteiger partial charge in [0.1, 0.15) is 5.54 Å². The van der Waals surface area contributed by atoms with Crippen molar-refractivity contribution in [1.82, 2.24) is 10.6 Å². The average Bonchev–Trinajstić information content (AvgIpc) is 2.80. The number of nitrogens with one attached hydrogen (secondary N) is 3. The summed E-state index contributed by atoms with van der Waals surface area (Å²) in [6.45, 7) is 5.18. The highest BCUT2D eigenvalue weighted by molar-refractivity contribution is 7.92. The van der Waals surface area contributed by atoms with Crippen LogP contribution < -0.4 is 15.4 Å². The van der Waals surface area contributed by atoms with Gasteiger partial charge in [-0.3, -0.25) is 14.8 Å². The van der Waals surface area contributed by atoms with Crippen molar-refractivity contribution in [1.29, 1.82) is 0 Å². The molecule has 3 rings (SSSR count). The lowest BCUT2D eigenvalue weighted by Crippen LogP contribution is -2.40. The Balaban J connectivity index is 1.94. The van der Waals surface area contributed by atoms with Crippen LogP contribution in [0, 0.1) is 13.8 Å². The van der Waals surface area contributed by atoms with E-state index in [1.54, 1.807) is 50.2 Å². The maximum absolute atomic E-state index is 12.7. The van der Waals surface area contributed by atoms with Crippen LogP contribution in [-0.2, 0) is 20.4 Å². The molecule has 0 radical (unpaired) electrons. The van der Waals surface area contributed by atoms with Crippen LogP contribution in [0.4, 0.5) is 10.5 Å². The van der Waals surface area contributed by atoms with Gasteiger partial charge in [-0.05, 0) is 50.1 Å². The number of hydrogen-bond donors (Lipinski definition) is 3. The van der Waals surface area contributed by atoms with Crippen molar-refractivity contribution in [3.05, 3.63) is 59.2 Å². The van der Waals surface area contributed by atoms with E-state index in [0.717, 1.165) is 5.56 Å². The summed E-state index contributed by atoms with van der Waals surface area (Å²) in [5.41, 5.74) is 1.14. The summed E-state index contributed by atoms with van der Waals surface area (Å²) in [5.74, 6) is -0.489. The molecule has 1 atom stereocenters. The van der Waals surface area contributed by atoms with Crippen molar-refractivity contribution in [2.75, 3.05) is 4.72 Å². The molecule has 1 fully saturated rings. The molecule has 3 N–H and O–H groups in total. The normalized spacial score (nSPS) is 19.8. The van der Waals surface area contributed by atoms with Crippen LogP contribution in [0.25, 0.3) is 0 Å². The standard InChI is InChI=1S/C18H19N3O4S/c1-11-7-8-15(12(2)9-11)26(24,25)21-14-6-4-5-13(10-14)18(3)16(22)19-17(23)20-18/h4-10,21H,1-3H3,(H2,19,20,22,23). The molecular formula is C18H19N3O4S. The van der Waals surface area contributed by atoms with Crippen molar-refractivity contribution < 1.29 is 18.0 Å².